The zero-order valence-corrected chi connectivity index (χ0v) is 10.2. The molecule has 1 aliphatic rings. The van der Waals surface area contributed by atoms with Crippen LogP contribution in [0.4, 0.5) is 11.8 Å². The maximum absolute atomic E-state index is 5.87. The Labute approximate surface area is 101 Å². The van der Waals surface area contributed by atoms with Crippen molar-refractivity contribution in [3.8, 4) is 0 Å². The van der Waals surface area contributed by atoms with Crippen molar-refractivity contribution < 1.29 is 0 Å². The van der Waals surface area contributed by atoms with Crippen LogP contribution in [0.1, 0.15) is 26.2 Å². The second-order valence-electron chi connectivity index (χ2n) is 4.30. The summed E-state index contributed by atoms with van der Waals surface area (Å²) >= 11 is 5.87. The molecule has 1 aliphatic heterocycles. The van der Waals surface area contributed by atoms with Gasteiger partial charge in [-0.25, -0.2) is 4.98 Å². The molecule has 16 heavy (non-hydrogen) atoms. The van der Waals surface area contributed by atoms with E-state index < -0.39 is 0 Å². The second kappa shape index (κ2) is 4.87. The molecule has 0 spiro atoms. The Morgan fingerprint density at radius 2 is 2.38 bits per heavy atom. The molecule has 0 aliphatic carbocycles. The third-order valence-electron chi connectivity index (χ3n) is 3.01. The molecule has 1 aromatic rings. The average molecular weight is 241 g/mol. The minimum Gasteiger partial charge on any atom is -0.368 e. The Kier molecular flexibility index (Phi) is 3.49. The molecule has 5 heteroatoms. The van der Waals surface area contributed by atoms with Crippen molar-refractivity contribution in [1.82, 2.24) is 9.97 Å². The van der Waals surface area contributed by atoms with Crippen molar-refractivity contribution in [2.75, 3.05) is 23.7 Å². The molecule has 4 nitrogen and oxygen atoms in total. The number of nitrogens with zero attached hydrogens (tertiary/aromatic N) is 3. The number of halogens is 1. The van der Waals surface area contributed by atoms with Crippen LogP contribution in [0.3, 0.4) is 0 Å². The number of rotatable bonds is 3. The smallest absolute Gasteiger partial charge is 0.223 e. The lowest BCUT2D eigenvalue weighted by Crippen LogP contribution is -2.21. The molecule has 2 rings (SSSR count). The van der Waals surface area contributed by atoms with Crippen LogP contribution >= 0.6 is 11.6 Å². The lowest BCUT2D eigenvalue weighted by molar-refractivity contribution is 0.529. The van der Waals surface area contributed by atoms with E-state index in [0.717, 1.165) is 24.8 Å². The van der Waals surface area contributed by atoms with Crippen molar-refractivity contribution in [1.29, 1.82) is 0 Å². The predicted molar refractivity (Wildman–Crippen MR) is 66.7 cm³/mol. The lowest BCUT2D eigenvalue weighted by Gasteiger charge is -2.17. The van der Waals surface area contributed by atoms with Crippen LogP contribution in [-0.2, 0) is 0 Å². The highest BCUT2D eigenvalue weighted by atomic mass is 35.5. The highest BCUT2D eigenvalue weighted by molar-refractivity contribution is 6.29. The summed E-state index contributed by atoms with van der Waals surface area (Å²) in [6.07, 6.45) is 3.76. The minimum absolute atomic E-state index is 0.251. The maximum Gasteiger partial charge on any atom is 0.223 e. The first kappa shape index (κ1) is 11.5. The first-order chi connectivity index (χ1) is 7.69. The van der Waals surface area contributed by atoms with Crippen LogP contribution < -0.4 is 10.6 Å². The summed E-state index contributed by atoms with van der Waals surface area (Å²) in [5, 5.41) is 0.418. The summed E-state index contributed by atoms with van der Waals surface area (Å²) in [5.41, 5.74) is 5.59. The summed E-state index contributed by atoms with van der Waals surface area (Å²) < 4.78 is 0. The van der Waals surface area contributed by atoms with Gasteiger partial charge in [-0.15, -0.1) is 0 Å². The molecule has 0 aromatic carbocycles. The third kappa shape index (κ3) is 2.55. The van der Waals surface area contributed by atoms with Crippen LogP contribution in [0, 0.1) is 5.92 Å². The van der Waals surface area contributed by atoms with Gasteiger partial charge in [0.1, 0.15) is 11.0 Å². The van der Waals surface area contributed by atoms with E-state index in [1.54, 1.807) is 6.07 Å². The normalized spacial score (nSPS) is 20.4. The van der Waals surface area contributed by atoms with Gasteiger partial charge in [0.05, 0.1) is 0 Å². The van der Waals surface area contributed by atoms with Gasteiger partial charge in [-0.2, -0.15) is 4.98 Å². The molecular weight excluding hydrogens is 224 g/mol. The van der Waals surface area contributed by atoms with Crippen molar-refractivity contribution in [3.63, 3.8) is 0 Å². The summed E-state index contributed by atoms with van der Waals surface area (Å²) in [6.45, 7) is 4.32. The molecule has 2 N–H and O–H groups in total. The number of nitrogen functional groups attached to an aromatic ring is 1. The Balaban J connectivity index is 2.08. The second-order valence-corrected chi connectivity index (χ2v) is 4.68. The minimum atomic E-state index is 0.251. The van der Waals surface area contributed by atoms with Crippen molar-refractivity contribution in [2.45, 2.75) is 26.2 Å². The summed E-state index contributed by atoms with van der Waals surface area (Å²) in [6, 6.07) is 1.78. The molecule has 0 amide bonds. The Morgan fingerprint density at radius 3 is 3.06 bits per heavy atom. The Bertz CT molecular complexity index is 349. The average Bonchev–Trinajstić information content (AvgIpc) is 2.65. The van der Waals surface area contributed by atoms with E-state index in [-0.39, 0.29) is 5.95 Å². The molecule has 88 valence electrons. The number of nitrogens with two attached hydrogens (primary N) is 1. The molecule has 0 saturated carbocycles. The molecule has 1 unspecified atom stereocenters. The van der Waals surface area contributed by atoms with Crippen molar-refractivity contribution in [3.05, 3.63) is 11.2 Å². The van der Waals surface area contributed by atoms with Gasteiger partial charge in [0.25, 0.3) is 0 Å². The van der Waals surface area contributed by atoms with Crippen LogP contribution in [-0.4, -0.2) is 23.1 Å². The largest absolute Gasteiger partial charge is 0.368 e. The number of hydrogen-bond donors (Lipinski definition) is 1. The molecule has 1 atom stereocenters. The van der Waals surface area contributed by atoms with E-state index in [1.807, 2.05) is 0 Å². The van der Waals surface area contributed by atoms with Gasteiger partial charge >= 0.3 is 0 Å². The van der Waals surface area contributed by atoms with E-state index in [0.29, 0.717) is 5.15 Å². The zero-order valence-electron chi connectivity index (χ0n) is 9.49. The van der Waals surface area contributed by atoms with Gasteiger partial charge in [-0.1, -0.05) is 24.9 Å². The quantitative estimate of drug-likeness (QED) is 0.824. The summed E-state index contributed by atoms with van der Waals surface area (Å²) in [5.74, 6) is 1.89. The lowest BCUT2D eigenvalue weighted by atomic mass is 10.0. The fraction of sp³-hybridized carbons (Fsp3) is 0.636. The standard InChI is InChI=1S/C11H17ClN4/c1-2-3-8-4-5-16(7-8)10-6-9(12)14-11(13)15-10/h6,8H,2-5,7H2,1H3,(H2,13,14,15). The summed E-state index contributed by atoms with van der Waals surface area (Å²) in [7, 11) is 0. The Morgan fingerprint density at radius 1 is 1.56 bits per heavy atom. The number of anilines is 2. The first-order valence-corrected chi connectivity index (χ1v) is 6.12. The molecule has 2 heterocycles. The zero-order chi connectivity index (χ0) is 11.5. The van der Waals surface area contributed by atoms with Crippen molar-refractivity contribution in [2.24, 2.45) is 5.92 Å². The van der Waals surface area contributed by atoms with E-state index >= 15 is 0 Å². The van der Waals surface area contributed by atoms with Crippen LogP contribution in [0.2, 0.25) is 5.15 Å². The Hall–Kier alpha value is -1.03. The van der Waals surface area contributed by atoms with Gasteiger partial charge < -0.3 is 10.6 Å². The highest BCUT2D eigenvalue weighted by Gasteiger charge is 2.23. The summed E-state index contributed by atoms with van der Waals surface area (Å²) in [4.78, 5) is 10.3. The van der Waals surface area contributed by atoms with E-state index in [2.05, 4.69) is 21.8 Å². The SMILES string of the molecule is CCCC1CCN(c2cc(Cl)nc(N)n2)C1. The third-order valence-corrected chi connectivity index (χ3v) is 3.20. The molecule has 0 radical (unpaired) electrons. The van der Waals surface area contributed by atoms with Gasteiger partial charge in [-0.05, 0) is 18.8 Å². The van der Waals surface area contributed by atoms with Crippen molar-refractivity contribution >= 4 is 23.4 Å². The van der Waals surface area contributed by atoms with E-state index in [1.165, 1.54) is 19.3 Å². The van der Waals surface area contributed by atoms with Gasteiger partial charge in [0.2, 0.25) is 5.95 Å². The molecule has 1 fully saturated rings. The fourth-order valence-corrected chi connectivity index (χ4v) is 2.45. The first-order valence-electron chi connectivity index (χ1n) is 5.74. The topological polar surface area (TPSA) is 55.0 Å². The highest BCUT2D eigenvalue weighted by Crippen LogP contribution is 2.26. The van der Waals surface area contributed by atoms with Crippen LogP contribution in [0.15, 0.2) is 6.07 Å². The molecular formula is C11H17ClN4. The monoisotopic (exact) mass is 240 g/mol. The molecule has 1 aromatic heterocycles. The van der Waals surface area contributed by atoms with Gasteiger partial charge in [0.15, 0.2) is 0 Å². The predicted octanol–water partition coefficient (Wildman–Crippen LogP) is 2.34. The van der Waals surface area contributed by atoms with Crippen LogP contribution in [0.5, 0.6) is 0 Å². The van der Waals surface area contributed by atoms with E-state index in [9.17, 15) is 0 Å². The molecule has 0 bridgehead atoms. The van der Waals surface area contributed by atoms with Crippen LogP contribution in [0.25, 0.3) is 0 Å². The number of aromatic nitrogens is 2. The molecule has 1 saturated heterocycles. The van der Waals surface area contributed by atoms with Gasteiger partial charge in [0, 0.05) is 19.2 Å². The fourth-order valence-electron chi connectivity index (χ4n) is 2.27. The van der Waals surface area contributed by atoms with Gasteiger partial charge in [-0.3, -0.25) is 0 Å². The number of hydrogen-bond acceptors (Lipinski definition) is 4. The maximum atomic E-state index is 5.87. The van der Waals surface area contributed by atoms with E-state index in [4.69, 9.17) is 17.3 Å².